The van der Waals surface area contributed by atoms with E-state index in [9.17, 15) is 28.8 Å². The van der Waals surface area contributed by atoms with Crippen LogP contribution in [0.1, 0.15) is 128 Å². The monoisotopic (exact) mass is 742 g/mol. The van der Waals surface area contributed by atoms with Crippen LogP contribution < -0.4 is 10.1 Å². The van der Waals surface area contributed by atoms with Crippen molar-refractivity contribution >= 4 is 34.9 Å². The minimum absolute atomic E-state index is 0.00670. The average Bonchev–Trinajstić information content (AvgIpc) is 3.58. The lowest BCUT2D eigenvalue weighted by Crippen LogP contribution is -2.60. The Morgan fingerprint density at radius 3 is 2.28 bits per heavy atom. The van der Waals surface area contributed by atoms with Gasteiger partial charge in [0, 0.05) is 43.1 Å². The molecule has 2 aliphatic carbocycles. The second-order valence-electron chi connectivity index (χ2n) is 16.7. The molecule has 2 heterocycles. The maximum atomic E-state index is 14.9. The first kappa shape index (κ1) is 40.9. The van der Waals surface area contributed by atoms with E-state index in [-0.39, 0.29) is 59.8 Å². The Labute approximate surface area is 319 Å². The van der Waals surface area contributed by atoms with Crippen LogP contribution in [0.2, 0.25) is 0 Å². The molecule has 54 heavy (non-hydrogen) atoms. The molecule has 3 fully saturated rings. The van der Waals surface area contributed by atoms with Crippen LogP contribution in [0.4, 0.5) is 0 Å². The van der Waals surface area contributed by atoms with Crippen molar-refractivity contribution in [3.63, 3.8) is 0 Å². The maximum absolute atomic E-state index is 14.9. The molecule has 292 valence electrons. The van der Waals surface area contributed by atoms with Gasteiger partial charge in [-0.05, 0) is 67.9 Å². The lowest BCUT2D eigenvalue weighted by molar-refractivity contribution is -0.147. The first-order valence-corrected chi connectivity index (χ1v) is 20.1. The summed E-state index contributed by atoms with van der Waals surface area (Å²) in [6.07, 6.45) is 13.9. The predicted molar refractivity (Wildman–Crippen MR) is 203 cm³/mol. The van der Waals surface area contributed by atoms with Crippen molar-refractivity contribution in [3.8, 4) is 5.75 Å². The number of hydrogen-bond donors (Lipinski definition) is 1. The summed E-state index contributed by atoms with van der Waals surface area (Å²) in [5.41, 5.74) is -0.507. The van der Waals surface area contributed by atoms with E-state index >= 15 is 0 Å². The Balaban J connectivity index is 1.36. The van der Waals surface area contributed by atoms with E-state index in [2.05, 4.69) is 15.3 Å². The number of para-hydroxylation sites is 1. The normalized spacial score (nSPS) is 22.0. The van der Waals surface area contributed by atoms with Gasteiger partial charge in [0.05, 0.1) is 12.2 Å². The first-order chi connectivity index (χ1) is 25.9. The van der Waals surface area contributed by atoms with Crippen LogP contribution in [-0.2, 0) is 24.0 Å². The molecule has 2 aromatic rings. The summed E-state index contributed by atoms with van der Waals surface area (Å²) in [6, 6.07) is 6.92. The Morgan fingerprint density at radius 2 is 1.61 bits per heavy atom. The topological polar surface area (TPSA) is 153 Å². The van der Waals surface area contributed by atoms with Crippen molar-refractivity contribution in [2.24, 2.45) is 29.1 Å². The van der Waals surface area contributed by atoms with Crippen LogP contribution in [0.5, 0.6) is 5.75 Å². The highest BCUT2D eigenvalue weighted by Crippen LogP contribution is 2.42. The van der Waals surface area contributed by atoms with E-state index in [0.717, 1.165) is 57.8 Å². The standard InChI is InChI=1S/C43H58N4O7/c1-5-14-30(39(51)38(50)27-54-31-18-10-7-11-19-31)24-37(49)35-23-29-17-12-13-20-34(29)47(35)42(53)40(43(2,3)4)46-41(52)32(28-15-8-6-9-16-28)25-36(48)33-26-44-21-22-45-33/h7,10-11,18-19,21-22,26,28-30,32,34-35,40H,5-6,8-9,12-17,20,23-25,27H2,1-4H3,(H,46,52)/t29-,30+,32-,34-,35-,40+/m0/s1. The van der Waals surface area contributed by atoms with E-state index < -0.39 is 47.5 Å². The van der Waals surface area contributed by atoms with Crippen LogP contribution in [-0.4, -0.2) is 74.5 Å². The Kier molecular flexibility index (Phi) is 14.3. The number of amides is 2. The number of aromatic nitrogens is 2. The van der Waals surface area contributed by atoms with Gasteiger partial charge in [-0.25, -0.2) is 4.98 Å². The zero-order valence-corrected chi connectivity index (χ0v) is 32.5. The maximum Gasteiger partial charge on any atom is 0.246 e. The minimum atomic E-state index is -0.955. The highest BCUT2D eigenvalue weighted by Gasteiger charge is 2.51. The summed E-state index contributed by atoms with van der Waals surface area (Å²) in [5.74, 6) is -3.28. The largest absolute Gasteiger partial charge is 0.485 e. The van der Waals surface area contributed by atoms with Crippen LogP contribution in [0.25, 0.3) is 0 Å². The molecule has 1 aromatic carbocycles. The molecule has 2 amide bonds. The molecule has 1 aliphatic heterocycles. The molecule has 5 rings (SSSR count). The number of carbonyl (C=O) groups excluding carboxylic acids is 6. The second-order valence-corrected chi connectivity index (χ2v) is 16.7. The average molecular weight is 743 g/mol. The molecule has 0 bridgehead atoms. The number of hydrogen-bond acceptors (Lipinski definition) is 9. The van der Waals surface area contributed by atoms with E-state index in [1.165, 1.54) is 18.6 Å². The molecule has 0 unspecified atom stereocenters. The van der Waals surface area contributed by atoms with Gasteiger partial charge >= 0.3 is 0 Å². The smallest absolute Gasteiger partial charge is 0.246 e. The molecule has 11 heteroatoms. The van der Waals surface area contributed by atoms with Gasteiger partial charge in [0.25, 0.3) is 0 Å². The number of benzene rings is 1. The zero-order valence-electron chi connectivity index (χ0n) is 32.5. The molecular weight excluding hydrogens is 684 g/mol. The second kappa shape index (κ2) is 18.8. The number of fused-ring (bicyclic) bond motifs is 1. The van der Waals surface area contributed by atoms with Gasteiger partial charge in [0.15, 0.2) is 18.2 Å². The van der Waals surface area contributed by atoms with E-state index in [0.29, 0.717) is 25.0 Å². The highest BCUT2D eigenvalue weighted by atomic mass is 16.5. The van der Waals surface area contributed by atoms with Gasteiger partial charge in [-0.2, -0.15) is 0 Å². The lowest BCUT2D eigenvalue weighted by Gasteiger charge is -2.40. The van der Waals surface area contributed by atoms with Crippen molar-refractivity contribution < 1.29 is 33.5 Å². The molecule has 0 spiro atoms. The molecule has 6 atom stereocenters. The molecule has 0 radical (unpaired) electrons. The lowest BCUT2D eigenvalue weighted by atomic mass is 9.76. The van der Waals surface area contributed by atoms with Crippen LogP contribution in [0.15, 0.2) is 48.9 Å². The third-order valence-electron chi connectivity index (χ3n) is 11.8. The van der Waals surface area contributed by atoms with Crippen LogP contribution in [0, 0.1) is 29.1 Å². The van der Waals surface area contributed by atoms with Gasteiger partial charge in [0.1, 0.15) is 17.5 Å². The fraction of sp³-hybridized carbons (Fsp3) is 0.628. The molecule has 1 saturated heterocycles. The minimum Gasteiger partial charge on any atom is -0.485 e. The SMILES string of the molecule is CCC[C@H](CC(=O)[C@@H]1C[C@@H]2CCCC[C@@H]2N1C(=O)[C@@H](NC(=O)[C@@H](CC(=O)c1cnccn1)C1CCCCC1)C(C)(C)C)C(=O)C(=O)COc1ccccc1. The summed E-state index contributed by atoms with van der Waals surface area (Å²) < 4.78 is 5.56. The van der Waals surface area contributed by atoms with Crippen molar-refractivity contribution in [1.82, 2.24) is 20.2 Å². The molecule has 3 aliphatic rings. The number of carbonyl (C=O) groups is 6. The Bertz CT molecular complexity index is 1620. The van der Waals surface area contributed by atoms with Gasteiger partial charge in [0.2, 0.25) is 23.4 Å². The highest BCUT2D eigenvalue weighted by molar-refractivity contribution is 6.38. The number of nitrogens with zero attached hydrogens (tertiary/aromatic N) is 3. The summed E-state index contributed by atoms with van der Waals surface area (Å²) in [5, 5.41) is 3.12. The van der Waals surface area contributed by atoms with Crippen molar-refractivity contribution in [3.05, 3.63) is 54.6 Å². The van der Waals surface area contributed by atoms with Crippen molar-refractivity contribution in [2.75, 3.05) is 6.61 Å². The van der Waals surface area contributed by atoms with Crippen LogP contribution in [0.3, 0.4) is 0 Å². The van der Waals surface area contributed by atoms with E-state index in [1.807, 2.05) is 33.8 Å². The molecule has 1 N–H and O–H groups in total. The number of Topliss-reactive ketones (excluding diaryl/α,β-unsaturated/α-hetero) is 4. The summed E-state index contributed by atoms with van der Waals surface area (Å²) in [7, 11) is 0. The van der Waals surface area contributed by atoms with Gasteiger partial charge in [-0.1, -0.05) is 84.4 Å². The summed E-state index contributed by atoms with van der Waals surface area (Å²) in [6.45, 7) is 7.21. The Morgan fingerprint density at radius 1 is 0.907 bits per heavy atom. The fourth-order valence-corrected chi connectivity index (χ4v) is 8.89. The molecule has 11 nitrogen and oxygen atoms in total. The number of likely N-dealkylation sites (tertiary alicyclic amines) is 1. The fourth-order valence-electron chi connectivity index (χ4n) is 8.89. The van der Waals surface area contributed by atoms with Crippen molar-refractivity contribution in [2.45, 2.75) is 136 Å². The van der Waals surface area contributed by atoms with Gasteiger partial charge in [-0.15, -0.1) is 0 Å². The number of ketones is 4. The third kappa shape index (κ3) is 10.3. The van der Waals surface area contributed by atoms with Gasteiger partial charge < -0.3 is 15.0 Å². The van der Waals surface area contributed by atoms with Crippen LogP contribution >= 0.6 is 0 Å². The van der Waals surface area contributed by atoms with E-state index in [4.69, 9.17) is 4.74 Å². The van der Waals surface area contributed by atoms with Gasteiger partial charge in [-0.3, -0.25) is 33.8 Å². The predicted octanol–water partition coefficient (Wildman–Crippen LogP) is 6.53. The molecule has 1 aromatic heterocycles. The molecule has 2 saturated carbocycles. The van der Waals surface area contributed by atoms with Crippen molar-refractivity contribution in [1.29, 1.82) is 0 Å². The zero-order chi connectivity index (χ0) is 38.8. The number of ether oxygens (including phenoxy) is 1. The quantitative estimate of drug-likeness (QED) is 0.141. The number of rotatable bonds is 17. The molecular formula is C43H58N4O7. The number of nitrogens with one attached hydrogen (secondary N) is 1. The third-order valence-corrected chi connectivity index (χ3v) is 11.8. The Hall–Kier alpha value is -4.28. The first-order valence-electron chi connectivity index (χ1n) is 20.1. The summed E-state index contributed by atoms with van der Waals surface area (Å²) >= 11 is 0. The summed E-state index contributed by atoms with van der Waals surface area (Å²) in [4.78, 5) is 93.4. The van der Waals surface area contributed by atoms with E-state index in [1.54, 1.807) is 29.2 Å².